The molecule has 0 saturated carbocycles. The van der Waals surface area contributed by atoms with Gasteiger partial charge in [0.25, 0.3) is 0 Å². The number of terminal acetylenes is 1. The summed E-state index contributed by atoms with van der Waals surface area (Å²) in [5.41, 5.74) is 5.39. The highest BCUT2D eigenvalue weighted by atomic mass is 79.9. The molecular formula is C21H21Br2ClN2. The van der Waals surface area contributed by atoms with Crippen LogP contribution >= 0.6 is 43.5 Å². The number of pyridine rings is 1. The molecule has 1 unspecified atom stereocenters. The number of hydrogen-bond acceptors (Lipinski definition) is 2. The molecule has 1 saturated heterocycles. The van der Waals surface area contributed by atoms with Crippen LogP contribution in [0.15, 0.2) is 33.3 Å². The molecule has 1 aromatic heterocycles. The lowest BCUT2D eigenvalue weighted by Crippen LogP contribution is -2.32. The van der Waals surface area contributed by atoms with E-state index in [-0.39, 0.29) is 0 Å². The van der Waals surface area contributed by atoms with Crippen LogP contribution in [0.4, 0.5) is 0 Å². The van der Waals surface area contributed by atoms with Gasteiger partial charge in [0, 0.05) is 26.1 Å². The number of rotatable bonds is 1. The Morgan fingerprint density at radius 2 is 1.73 bits per heavy atom. The fourth-order valence-electron chi connectivity index (χ4n) is 4.21. The quantitative estimate of drug-likeness (QED) is 0.510. The van der Waals surface area contributed by atoms with Crippen LogP contribution in [0.2, 0.25) is 5.02 Å². The largest absolute Gasteiger partial charge is 0.317 e. The van der Waals surface area contributed by atoms with Gasteiger partial charge in [-0.1, -0.05) is 27.5 Å². The Hall–Kier alpha value is -0.860. The van der Waals surface area contributed by atoms with Crippen molar-refractivity contribution in [1.82, 2.24) is 10.3 Å². The van der Waals surface area contributed by atoms with Crippen LogP contribution in [0, 0.1) is 18.8 Å². The summed E-state index contributed by atoms with van der Waals surface area (Å²) < 4.78 is 2.19. The molecule has 2 nitrogen and oxygen atoms in total. The van der Waals surface area contributed by atoms with Gasteiger partial charge in [0.15, 0.2) is 0 Å². The molecular weight excluding hydrogens is 476 g/mol. The number of aromatic nitrogens is 1. The number of hydrogen-bond donors (Lipinski definition) is 1. The third kappa shape index (κ3) is 4.02. The molecule has 0 bridgehead atoms. The van der Waals surface area contributed by atoms with Crippen molar-refractivity contribution in [1.29, 1.82) is 0 Å². The van der Waals surface area contributed by atoms with E-state index in [1.54, 1.807) is 0 Å². The summed E-state index contributed by atoms with van der Waals surface area (Å²) in [6.45, 7) is 2.18. The van der Waals surface area contributed by atoms with Crippen molar-refractivity contribution in [3.05, 3.63) is 60.7 Å². The van der Waals surface area contributed by atoms with Gasteiger partial charge in [0.2, 0.25) is 0 Å². The third-order valence-corrected chi connectivity index (χ3v) is 6.58. The Kier molecular flexibility index (Phi) is 6.80. The summed E-state index contributed by atoms with van der Waals surface area (Å²) in [7, 11) is 0. The second-order valence-electron chi connectivity index (χ2n) is 6.72. The van der Waals surface area contributed by atoms with Crippen molar-refractivity contribution < 1.29 is 0 Å². The van der Waals surface area contributed by atoms with Gasteiger partial charge in [0.05, 0.1) is 5.69 Å². The first-order valence-electron chi connectivity index (χ1n) is 8.79. The summed E-state index contributed by atoms with van der Waals surface area (Å²) in [5.74, 6) is 0.965. The average molecular weight is 497 g/mol. The molecule has 2 heterocycles. The number of fused-ring (bicyclic) bond motifs is 2. The zero-order valence-corrected chi connectivity index (χ0v) is 18.4. The Bertz CT molecular complexity index is 813. The second kappa shape index (κ2) is 8.89. The molecule has 136 valence electrons. The van der Waals surface area contributed by atoms with Crippen LogP contribution in [-0.4, -0.2) is 18.1 Å². The summed E-state index contributed by atoms with van der Waals surface area (Å²) in [5, 5.41) is 4.30. The van der Waals surface area contributed by atoms with E-state index in [2.05, 4.69) is 62.2 Å². The number of aryl methyl sites for hydroxylation is 2. The molecule has 1 aliphatic heterocycles. The third-order valence-electron chi connectivity index (χ3n) is 5.27. The highest BCUT2D eigenvalue weighted by Crippen LogP contribution is 2.45. The number of piperidine rings is 1. The van der Waals surface area contributed by atoms with Gasteiger partial charge < -0.3 is 5.32 Å². The molecule has 1 fully saturated rings. The summed E-state index contributed by atoms with van der Waals surface area (Å²) in [6.07, 6.45) is 14.4. The molecule has 0 radical (unpaired) electrons. The van der Waals surface area contributed by atoms with Crippen molar-refractivity contribution >= 4 is 43.5 Å². The highest BCUT2D eigenvalue weighted by molar-refractivity contribution is 9.10. The monoisotopic (exact) mass is 494 g/mol. The van der Waals surface area contributed by atoms with Crippen molar-refractivity contribution in [3.63, 3.8) is 0 Å². The van der Waals surface area contributed by atoms with Crippen LogP contribution in [-0.2, 0) is 12.8 Å². The molecule has 1 N–H and O–H groups in total. The summed E-state index contributed by atoms with van der Waals surface area (Å²) in [6, 6.07) is 6.44. The molecule has 26 heavy (non-hydrogen) atoms. The normalized spacial score (nSPS) is 19.5. The van der Waals surface area contributed by atoms with Crippen LogP contribution in [0.3, 0.4) is 0 Å². The first-order chi connectivity index (χ1) is 12.6. The lowest BCUT2D eigenvalue weighted by molar-refractivity contribution is 0.338. The first-order valence-corrected chi connectivity index (χ1v) is 10.8. The predicted molar refractivity (Wildman–Crippen MR) is 116 cm³/mol. The van der Waals surface area contributed by atoms with Gasteiger partial charge in [-0.15, -0.1) is 12.8 Å². The van der Waals surface area contributed by atoms with Crippen molar-refractivity contribution in [2.45, 2.75) is 31.6 Å². The van der Waals surface area contributed by atoms with E-state index >= 15 is 0 Å². The van der Waals surface area contributed by atoms with E-state index in [1.807, 2.05) is 12.3 Å². The van der Waals surface area contributed by atoms with Crippen LogP contribution in [0.25, 0.3) is 0 Å². The molecule has 1 atom stereocenters. The predicted octanol–water partition coefficient (Wildman–Crippen LogP) is 5.74. The molecule has 0 amide bonds. The van der Waals surface area contributed by atoms with Gasteiger partial charge in [-0.25, -0.2) is 0 Å². The number of benzene rings is 1. The van der Waals surface area contributed by atoms with Crippen LogP contribution < -0.4 is 5.32 Å². The first kappa shape index (κ1) is 19.9. The maximum absolute atomic E-state index is 6.34. The van der Waals surface area contributed by atoms with Gasteiger partial charge in [-0.3, -0.25) is 4.98 Å². The van der Waals surface area contributed by atoms with E-state index < -0.39 is 0 Å². The van der Waals surface area contributed by atoms with E-state index in [4.69, 9.17) is 16.6 Å². The van der Waals surface area contributed by atoms with Crippen molar-refractivity contribution in [2.24, 2.45) is 5.92 Å². The smallest absolute Gasteiger partial charge is 0.0514 e. The maximum Gasteiger partial charge on any atom is 0.0514 e. The lowest BCUT2D eigenvalue weighted by Gasteiger charge is -2.32. The van der Waals surface area contributed by atoms with Gasteiger partial charge in [-0.05, 0) is 95.5 Å². The van der Waals surface area contributed by atoms with Crippen molar-refractivity contribution in [3.8, 4) is 12.8 Å². The van der Waals surface area contributed by atoms with E-state index in [1.165, 1.54) is 35.2 Å². The van der Waals surface area contributed by atoms with Gasteiger partial charge >= 0.3 is 0 Å². The zero-order valence-electron chi connectivity index (χ0n) is 14.4. The maximum atomic E-state index is 6.34. The highest BCUT2D eigenvalue weighted by Gasteiger charge is 2.34. The number of nitrogens with one attached hydrogen (secondary N) is 1. The Labute approximate surface area is 177 Å². The van der Waals surface area contributed by atoms with Gasteiger partial charge in [0.1, 0.15) is 0 Å². The van der Waals surface area contributed by atoms with E-state index in [9.17, 15) is 0 Å². The SMILES string of the molecule is C#C.Clc1cc(Br)c2c(c1)CCc1cc(Br)cnc1C2C1CCNCC1. The average Bonchev–Trinajstić information content (AvgIpc) is 2.81. The van der Waals surface area contributed by atoms with Crippen LogP contribution in [0.1, 0.15) is 41.1 Å². The minimum Gasteiger partial charge on any atom is -0.317 e. The van der Waals surface area contributed by atoms with E-state index in [0.717, 1.165) is 39.9 Å². The molecule has 0 spiro atoms. The lowest BCUT2D eigenvalue weighted by atomic mass is 9.77. The molecule has 4 rings (SSSR count). The standard InChI is InChI=1S/C19H19Br2ClN2.C2H2/c20-14-7-13-2-1-12-8-15(22)9-16(21)17(12)18(19(13)24-10-14)11-3-5-23-6-4-11;1-2/h7-11,18,23H,1-6H2;1-2H. The minimum atomic E-state index is 0.347. The molecule has 2 aromatic rings. The minimum absolute atomic E-state index is 0.347. The van der Waals surface area contributed by atoms with E-state index in [0.29, 0.717) is 11.8 Å². The molecule has 5 heteroatoms. The van der Waals surface area contributed by atoms with Crippen LogP contribution in [0.5, 0.6) is 0 Å². The Balaban J connectivity index is 0.000000948. The molecule has 1 aliphatic carbocycles. The number of nitrogens with zero attached hydrogens (tertiary/aromatic N) is 1. The Morgan fingerprint density at radius 1 is 1.04 bits per heavy atom. The Morgan fingerprint density at radius 3 is 2.46 bits per heavy atom. The topological polar surface area (TPSA) is 24.9 Å². The summed E-state index contributed by atoms with van der Waals surface area (Å²) in [4.78, 5) is 4.88. The zero-order chi connectivity index (χ0) is 18.7. The molecule has 1 aromatic carbocycles. The fraction of sp³-hybridized carbons (Fsp3) is 0.381. The van der Waals surface area contributed by atoms with Crippen molar-refractivity contribution in [2.75, 3.05) is 13.1 Å². The summed E-state index contributed by atoms with van der Waals surface area (Å²) >= 11 is 13.7. The molecule has 2 aliphatic rings. The number of halogens is 3. The van der Waals surface area contributed by atoms with Gasteiger partial charge in [-0.2, -0.15) is 0 Å². The fourth-order valence-corrected chi connectivity index (χ4v) is 5.71. The second-order valence-corrected chi connectivity index (χ2v) is 8.93.